The molecule has 2 saturated heterocycles. The summed E-state index contributed by atoms with van der Waals surface area (Å²) in [4.78, 5) is 25.7. The Labute approximate surface area is 407 Å². The second-order valence-corrected chi connectivity index (χ2v) is 18.0. The number of esters is 2. The molecule has 0 aromatic carbocycles. The normalized spacial score (nSPS) is 26.2. The lowest BCUT2D eigenvalue weighted by Gasteiger charge is -2.42. The maximum absolute atomic E-state index is 13.0. The lowest BCUT2D eigenvalue weighted by atomic mass is 9.98. The molecule has 0 aromatic rings. The third-order valence-electron chi connectivity index (χ3n) is 12.0. The second-order valence-electron chi connectivity index (χ2n) is 18.0. The van der Waals surface area contributed by atoms with Crippen molar-refractivity contribution in [1.29, 1.82) is 0 Å². The second kappa shape index (κ2) is 39.9. The van der Waals surface area contributed by atoms with Crippen molar-refractivity contribution in [1.82, 2.24) is 0 Å². The molecule has 2 fully saturated rings. The Balaban J connectivity index is 1.86. The van der Waals surface area contributed by atoms with Crippen LogP contribution in [-0.4, -0.2) is 142 Å². The SMILES string of the molecule is CCCCCCCC/C=C/C/C=C/C/C=C/CCCC(=O)O[C@H](COC(=O)CCCC/C=C/C/C=C/CCCCCCCC)CO[C@H]1O[C@@H](CO[C@H]2O[C@@H](CO)[C@@H](O)C(O)C2O)[C@@H](O)C(O)C1O. The third kappa shape index (κ3) is 27.6. The number of carbonyl (C=O) groups excluding carboxylic acids is 2. The highest BCUT2D eigenvalue weighted by atomic mass is 16.7. The topological polar surface area (TPSA) is 231 Å². The van der Waals surface area contributed by atoms with Crippen LogP contribution in [0.5, 0.6) is 0 Å². The van der Waals surface area contributed by atoms with Gasteiger partial charge in [0.05, 0.1) is 19.8 Å². The maximum atomic E-state index is 13.0. The number of hydrogen-bond acceptors (Lipinski definition) is 15. The van der Waals surface area contributed by atoms with Gasteiger partial charge in [0.25, 0.3) is 0 Å². The minimum absolute atomic E-state index is 0.0846. The third-order valence-corrected chi connectivity index (χ3v) is 12.0. The summed E-state index contributed by atoms with van der Waals surface area (Å²) >= 11 is 0. The number of ether oxygens (including phenoxy) is 6. The van der Waals surface area contributed by atoms with E-state index in [-0.39, 0.29) is 19.4 Å². The van der Waals surface area contributed by atoms with Crippen LogP contribution in [0.25, 0.3) is 0 Å². The van der Waals surface area contributed by atoms with Gasteiger partial charge in [-0.15, -0.1) is 0 Å². The molecule has 0 aromatic heterocycles. The zero-order valence-corrected chi connectivity index (χ0v) is 41.3. The molecule has 15 nitrogen and oxygen atoms in total. The number of aliphatic hydroxyl groups is 7. The molecule has 0 bridgehead atoms. The summed E-state index contributed by atoms with van der Waals surface area (Å²) in [5.41, 5.74) is 0. The summed E-state index contributed by atoms with van der Waals surface area (Å²) in [7, 11) is 0. The van der Waals surface area contributed by atoms with Gasteiger partial charge in [-0.25, -0.2) is 0 Å². The first kappa shape index (κ1) is 61.3. The Morgan fingerprint density at radius 3 is 1.43 bits per heavy atom. The van der Waals surface area contributed by atoms with E-state index < -0.39 is 99.3 Å². The summed E-state index contributed by atoms with van der Waals surface area (Å²) in [6.07, 6.45) is 28.3. The Hall–Kier alpha value is -2.80. The largest absolute Gasteiger partial charge is 0.462 e. The Bertz CT molecular complexity index is 1420. The van der Waals surface area contributed by atoms with E-state index >= 15 is 0 Å². The van der Waals surface area contributed by atoms with Crippen LogP contribution in [0.4, 0.5) is 0 Å². The monoisotopic (exact) mass is 967 g/mol. The molecule has 15 heteroatoms. The standard InChI is InChI=1S/C53H90O15/c1-3-5-7-9-11-13-15-17-19-20-22-24-26-28-30-32-34-36-45(56)66-41(38-63-44(55)35-33-31-29-27-25-23-21-18-16-14-12-10-8-6-4-2)39-64-52-51(62)49(60)47(58)43(68-52)40-65-53-50(61)48(59)46(57)42(37-54)67-53/h17-19,21-22,24-25,27-28,30,41-43,46-54,57-62H,3-16,20,23,26,29,31-40H2,1-2H3/b19-17+,21-18+,24-22+,27-25+,30-28+/t41-,42+,43+,46-,47-,48?,49?,50?,51?,52+,53+/m1/s1. The quantitative estimate of drug-likeness (QED) is 0.0183. The van der Waals surface area contributed by atoms with Crippen LogP contribution in [-0.2, 0) is 38.0 Å². The van der Waals surface area contributed by atoms with Crippen LogP contribution in [0.15, 0.2) is 60.8 Å². The number of allylic oxidation sites excluding steroid dienone is 10. The molecular formula is C53H90O15. The average molecular weight is 967 g/mol. The van der Waals surface area contributed by atoms with E-state index in [4.69, 9.17) is 28.4 Å². The minimum Gasteiger partial charge on any atom is -0.462 e. The highest BCUT2D eigenvalue weighted by Crippen LogP contribution is 2.26. The van der Waals surface area contributed by atoms with Crippen molar-refractivity contribution >= 4 is 11.9 Å². The van der Waals surface area contributed by atoms with Gasteiger partial charge in [0.2, 0.25) is 0 Å². The first-order valence-electron chi connectivity index (χ1n) is 25.9. The van der Waals surface area contributed by atoms with Crippen molar-refractivity contribution in [3.05, 3.63) is 60.8 Å². The fraction of sp³-hybridized carbons (Fsp3) is 0.774. The van der Waals surface area contributed by atoms with E-state index in [9.17, 15) is 45.3 Å². The van der Waals surface area contributed by atoms with E-state index in [1.54, 1.807) is 0 Å². The van der Waals surface area contributed by atoms with E-state index in [1.807, 2.05) is 12.2 Å². The molecule has 2 aliphatic rings. The van der Waals surface area contributed by atoms with Crippen LogP contribution >= 0.6 is 0 Å². The number of aliphatic hydroxyl groups excluding tert-OH is 7. The number of carbonyl (C=O) groups is 2. The minimum atomic E-state index is -1.78. The van der Waals surface area contributed by atoms with Crippen LogP contribution in [0.3, 0.4) is 0 Å². The van der Waals surface area contributed by atoms with Gasteiger partial charge in [0.15, 0.2) is 18.7 Å². The summed E-state index contributed by atoms with van der Waals surface area (Å²) in [5.74, 6) is -1.03. The first-order chi connectivity index (χ1) is 33.0. The number of rotatable bonds is 39. The van der Waals surface area contributed by atoms with E-state index in [0.717, 1.165) is 44.9 Å². The van der Waals surface area contributed by atoms with Crippen molar-refractivity contribution in [2.45, 2.75) is 235 Å². The predicted octanol–water partition coefficient (Wildman–Crippen LogP) is 7.27. The highest BCUT2D eigenvalue weighted by molar-refractivity contribution is 5.70. The lowest BCUT2D eigenvalue weighted by Crippen LogP contribution is -2.61. The fourth-order valence-corrected chi connectivity index (χ4v) is 7.67. The van der Waals surface area contributed by atoms with Gasteiger partial charge in [-0.2, -0.15) is 0 Å². The Morgan fingerprint density at radius 1 is 0.471 bits per heavy atom. The van der Waals surface area contributed by atoms with Gasteiger partial charge in [-0.3, -0.25) is 9.59 Å². The van der Waals surface area contributed by atoms with Gasteiger partial charge in [-0.05, 0) is 77.0 Å². The summed E-state index contributed by atoms with van der Waals surface area (Å²) < 4.78 is 33.5. The summed E-state index contributed by atoms with van der Waals surface area (Å²) in [6, 6.07) is 0. The molecule has 0 saturated carbocycles. The molecule has 0 amide bonds. The molecule has 7 N–H and O–H groups in total. The molecular weight excluding hydrogens is 877 g/mol. The van der Waals surface area contributed by atoms with Crippen molar-refractivity contribution < 1.29 is 73.8 Å². The molecule has 2 aliphatic heterocycles. The number of unbranched alkanes of at least 4 members (excludes halogenated alkanes) is 15. The molecule has 0 aliphatic carbocycles. The molecule has 0 radical (unpaired) electrons. The Kier molecular flexibility index (Phi) is 36.0. The van der Waals surface area contributed by atoms with Gasteiger partial charge < -0.3 is 64.2 Å². The summed E-state index contributed by atoms with van der Waals surface area (Å²) in [6.45, 7) is 2.48. The van der Waals surface area contributed by atoms with Gasteiger partial charge >= 0.3 is 11.9 Å². The van der Waals surface area contributed by atoms with Crippen molar-refractivity contribution in [3.63, 3.8) is 0 Å². The molecule has 68 heavy (non-hydrogen) atoms. The van der Waals surface area contributed by atoms with Crippen LogP contribution in [0.1, 0.15) is 168 Å². The van der Waals surface area contributed by atoms with E-state index in [1.165, 1.54) is 77.0 Å². The zero-order valence-electron chi connectivity index (χ0n) is 41.3. The maximum Gasteiger partial charge on any atom is 0.306 e. The fourth-order valence-electron chi connectivity index (χ4n) is 7.67. The van der Waals surface area contributed by atoms with Crippen molar-refractivity contribution in [3.8, 4) is 0 Å². The molecule has 2 heterocycles. The smallest absolute Gasteiger partial charge is 0.306 e. The predicted molar refractivity (Wildman–Crippen MR) is 261 cm³/mol. The molecule has 2 rings (SSSR count). The molecule has 0 spiro atoms. The number of hydrogen-bond donors (Lipinski definition) is 7. The zero-order chi connectivity index (χ0) is 49.6. The molecule has 392 valence electrons. The van der Waals surface area contributed by atoms with Gasteiger partial charge in [-0.1, -0.05) is 139 Å². The van der Waals surface area contributed by atoms with Crippen molar-refractivity contribution in [2.24, 2.45) is 0 Å². The molecule has 4 unspecified atom stereocenters. The first-order valence-corrected chi connectivity index (χ1v) is 25.9. The van der Waals surface area contributed by atoms with Gasteiger partial charge in [0, 0.05) is 12.8 Å². The van der Waals surface area contributed by atoms with Crippen molar-refractivity contribution in [2.75, 3.05) is 26.4 Å². The van der Waals surface area contributed by atoms with E-state index in [2.05, 4.69) is 62.5 Å². The van der Waals surface area contributed by atoms with Crippen LogP contribution in [0.2, 0.25) is 0 Å². The van der Waals surface area contributed by atoms with Gasteiger partial charge in [0.1, 0.15) is 55.4 Å². The Morgan fingerprint density at radius 2 is 0.897 bits per heavy atom. The van der Waals surface area contributed by atoms with Crippen LogP contribution < -0.4 is 0 Å². The van der Waals surface area contributed by atoms with E-state index in [0.29, 0.717) is 19.3 Å². The van der Waals surface area contributed by atoms with Crippen LogP contribution in [0, 0.1) is 0 Å². The average Bonchev–Trinajstić information content (AvgIpc) is 3.33. The molecule has 11 atom stereocenters. The highest BCUT2D eigenvalue weighted by Gasteiger charge is 2.47. The summed E-state index contributed by atoms with van der Waals surface area (Å²) in [5, 5.41) is 72.1. The lowest BCUT2D eigenvalue weighted by molar-refractivity contribution is -0.332.